The molecule has 13 heteroatoms. The SMILES string of the molecule is CC(C)(C)OC(=O)N1CC[C@@H](Sc2ccc(O)cc2)C1.O=C(O)C(F)(F)F.Oc1ccc(S[C@@H]2CCNC2)cc1. The van der Waals surface area contributed by atoms with E-state index >= 15 is 0 Å². The number of benzene rings is 2. The molecule has 2 aromatic rings. The Morgan fingerprint density at radius 3 is 1.77 bits per heavy atom. The van der Waals surface area contributed by atoms with Crippen LogP contribution in [-0.4, -0.2) is 80.7 Å². The van der Waals surface area contributed by atoms with Gasteiger partial charge in [-0.15, -0.1) is 23.5 Å². The molecule has 4 rings (SSSR count). The van der Waals surface area contributed by atoms with Crippen molar-refractivity contribution < 1.29 is 42.8 Å². The van der Waals surface area contributed by atoms with Gasteiger partial charge in [0.2, 0.25) is 0 Å². The van der Waals surface area contributed by atoms with Crippen molar-refractivity contribution in [1.82, 2.24) is 10.2 Å². The van der Waals surface area contributed by atoms with Gasteiger partial charge >= 0.3 is 18.2 Å². The third kappa shape index (κ3) is 13.1. The first-order chi connectivity index (χ1) is 18.6. The van der Waals surface area contributed by atoms with E-state index in [2.05, 4.69) is 5.32 Å². The predicted octanol–water partition coefficient (Wildman–Crippen LogP) is 5.97. The van der Waals surface area contributed by atoms with Crippen molar-refractivity contribution >= 4 is 35.6 Å². The number of ether oxygens (including phenoxy) is 1. The monoisotopic (exact) mass is 604 g/mol. The number of phenols is 2. The summed E-state index contributed by atoms with van der Waals surface area (Å²) in [6, 6.07) is 14.6. The zero-order chi connectivity index (χ0) is 29.9. The number of carboxylic acids is 1. The molecule has 0 aromatic heterocycles. The minimum absolute atomic E-state index is 0.230. The van der Waals surface area contributed by atoms with E-state index in [4.69, 9.17) is 19.7 Å². The zero-order valence-corrected chi connectivity index (χ0v) is 24.1. The van der Waals surface area contributed by atoms with Gasteiger partial charge in [0.25, 0.3) is 0 Å². The second-order valence-corrected chi connectivity index (χ2v) is 12.7. The number of hydrogen-bond donors (Lipinski definition) is 4. The summed E-state index contributed by atoms with van der Waals surface area (Å²) in [5.74, 6) is -2.14. The second kappa shape index (κ2) is 15.3. The normalized spacial score (nSPS) is 18.7. The Bertz CT molecular complexity index is 1070. The highest BCUT2D eigenvalue weighted by Crippen LogP contribution is 2.31. The van der Waals surface area contributed by atoms with E-state index in [-0.39, 0.29) is 11.8 Å². The Balaban J connectivity index is 0.000000239. The molecule has 0 unspecified atom stereocenters. The molecule has 222 valence electrons. The summed E-state index contributed by atoms with van der Waals surface area (Å²) < 4.78 is 37.1. The van der Waals surface area contributed by atoms with Crippen LogP contribution in [0.3, 0.4) is 0 Å². The fourth-order valence-electron chi connectivity index (χ4n) is 3.48. The molecule has 2 aliphatic heterocycles. The van der Waals surface area contributed by atoms with Crippen LogP contribution >= 0.6 is 23.5 Å². The Morgan fingerprint density at radius 1 is 0.900 bits per heavy atom. The molecule has 0 radical (unpaired) electrons. The maximum absolute atomic E-state index is 12.0. The number of alkyl halides is 3. The molecule has 8 nitrogen and oxygen atoms in total. The number of halogens is 3. The number of hydrogen-bond acceptors (Lipinski definition) is 8. The van der Waals surface area contributed by atoms with Crippen molar-refractivity contribution in [1.29, 1.82) is 0 Å². The van der Waals surface area contributed by atoms with Crippen LogP contribution < -0.4 is 5.32 Å². The highest BCUT2D eigenvalue weighted by Gasteiger charge is 2.38. The first kappa shape index (κ1) is 33.4. The van der Waals surface area contributed by atoms with Crippen LogP contribution in [0.25, 0.3) is 0 Å². The Kier molecular flexibility index (Phi) is 12.8. The molecule has 1 amide bonds. The predicted molar refractivity (Wildman–Crippen MR) is 149 cm³/mol. The maximum Gasteiger partial charge on any atom is 0.490 e. The van der Waals surface area contributed by atoms with Gasteiger partial charge in [0, 0.05) is 39.9 Å². The highest BCUT2D eigenvalue weighted by molar-refractivity contribution is 8.00. The van der Waals surface area contributed by atoms with E-state index in [1.165, 1.54) is 11.3 Å². The number of carbonyl (C=O) groups excluding carboxylic acids is 1. The first-order valence-electron chi connectivity index (χ1n) is 12.5. The lowest BCUT2D eigenvalue weighted by Crippen LogP contribution is -2.35. The van der Waals surface area contributed by atoms with E-state index in [0.29, 0.717) is 22.8 Å². The van der Waals surface area contributed by atoms with E-state index in [0.717, 1.165) is 31.0 Å². The standard InChI is InChI=1S/C15H21NO3S.C10H13NOS.C2HF3O2/c1-15(2,3)19-14(18)16-9-8-13(10-16)20-12-6-4-11(17)5-7-12;12-8-1-3-9(4-2-8)13-10-5-6-11-7-10;3-2(4,5)1(6)7/h4-7,13,17H,8-10H2,1-3H3;1-4,10-12H,5-7H2;(H,6,7)/t13-;10-;/m11./s1. The Labute approximate surface area is 240 Å². The topological polar surface area (TPSA) is 119 Å². The zero-order valence-electron chi connectivity index (χ0n) is 22.5. The molecule has 4 N–H and O–H groups in total. The molecule has 2 aromatic carbocycles. The molecule has 2 atom stereocenters. The van der Waals surface area contributed by atoms with Gasteiger partial charge in [0.15, 0.2) is 0 Å². The summed E-state index contributed by atoms with van der Waals surface area (Å²) in [4.78, 5) is 25.0. The third-order valence-electron chi connectivity index (χ3n) is 5.33. The van der Waals surface area contributed by atoms with Crippen LogP contribution in [0.15, 0.2) is 58.3 Å². The summed E-state index contributed by atoms with van der Waals surface area (Å²) >= 11 is 3.62. The Hall–Kier alpha value is -2.77. The molecular formula is C27H35F3N2O6S2. The average molecular weight is 605 g/mol. The number of amides is 1. The van der Waals surface area contributed by atoms with Crippen LogP contribution in [0, 0.1) is 0 Å². The van der Waals surface area contributed by atoms with E-state index in [1.807, 2.05) is 56.8 Å². The van der Waals surface area contributed by atoms with Crippen LogP contribution in [0.4, 0.5) is 18.0 Å². The fourth-order valence-corrected chi connectivity index (χ4v) is 5.75. The summed E-state index contributed by atoms with van der Waals surface area (Å²) in [5, 5.41) is 29.9. The summed E-state index contributed by atoms with van der Waals surface area (Å²) in [7, 11) is 0. The van der Waals surface area contributed by atoms with Gasteiger partial charge in [-0.25, -0.2) is 9.59 Å². The lowest BCUT2D eigenvalue weighted by molar-refractivity contribution is -0.192. The number of nitrogens with one attached hydrogen (secondary N) is 1. The highest BCUT2D eigenvalue weighted by atomic mass is 32.2. The van der Waals surface area contributed by atoms with E-state index < -0.39 is 17.7 Å². The van der Waals surface area contributed by atoms with Crippen molar-refractivity contribution in [3.63, 3.8) is 0 Å². The van der Waals surface area contributed by atoms with Gasteiger partial charge in [0.05, 0.1) is 0 Å². The molecule has 0 bridgehead atoms. The number of aromatic hydroxyl groups is 2. The minimum atomic E-state index is -5.08. The number of likely N-dealkylation sites (tertiary alicyclic amines) is 1. The molecular weight excluding hydrogens is 569 g/mol. The van der Waals surface area contributed by atoms with Crippen molar-refractivity contribution in [2.24, 2.45) is 0 Å². The van der Waals surface area contributed by atoms with Gasteiger partial charge in [-0.3, -0.25) is 0 Å². The third-order valence-corrected chi connectivity index (χ3v) is 7.88. The molecule has 0 spiro atoms. The number of carbonyl (C=O) groups is 2. The number of phenolic OH excluding ortho intramolecular Hbond substituents is 2. The lowest BCUT2D eigenvalue weighted by Gasteiger charge is -2.24. The number of rotatable bonds is 4. The molecule has 2 saturated heterocycles. The number of aliphatic carboxylic acids is 1. The quantitative estimate of drug-likeness (QED) is 0.335. The lowest BCUT2D eigenvalue weighted by atomic mass is 10.2. The summed E-state index contributed by atoms with van der Waals surface area (Å²) in [6.45, 7) is 9.32. The minimum Gasteiger partial charge on any atom is -0.508 e. The molecule has 40 heavy (non-hydrogen) atoms. The van der Waals surface area contributed by atoms with E-state index in [1.54, 1.807) is 40.9 Å². The molecule has 2 fully saturated rings. The van der Waals surface area contributed by atoms with Gasteiger partial charge in [0.1, 0.15) is 17.1 Å². The van der Waals surface area contributed by atoms with E-state index in [9.17, 15) is 23.1 Å². The van der Waals surface area contributed by atoms with Crippen molar-refractivity contribution in [3.8, 4) is 11.5 Å². The largest absolute Gasteiger partial charge is 0.508 e. The Morgan fingerprint density at radius 2 is 1.38 bits per heavy atom. The van der Waals surface area contributed by atoms with Crippen LogP contribution in [-0.2, 0) is 9.53 Å². The summed E-state index contributed by atoms with van der Waals surface area (Å²) in [6.07, 6.45) is -3.11. The van der Waals surface area contributed by atoms with Crippen molar-refractivity contribution in [3.05, 3.63) is 48.5 Å². The fraction of sp³-hybridized carbons (Fsp3) is 0.481. The first-order valence-corrected chi connectivity index (χ1v) is 14.3. The van der Waals surface area contributed by atoms with Crippen LogP contribution in [0.5, 0.6) is 11.5 Å². The molecule has 2 aliphatic rings. The number of carboxylic acid groups (broad SMARTS) is 1. The van der Waals surface area contributed by atoms with Crippen molar-refractivity contribution in [2.45, 2.75) is 65.7 Å². The van der Waals surface area contributed by atoms with Gasteiger partial charge < -0.3 is 30.3 Å². The van der Waals surface area contributed by atoms with Gasteiger partial charge in [-0.1, -0.05) is 0 Å². The molecule has 2 heterocycles. The average Bonchev–Trinajstić information content (AvgIpc) is 3.54. The van der Waals surface area contributed by atoms with Crippen LogP contribution in [0.2, 0.25) is 0 Å². The summed E-state index contributed by atoms with van der Waals surface area (Å²) in [5.41, 5.74) is -0.445. The maximum atomic E-state index is 12.0. The molecule has 0 saturated carbocycles. The van der Waals surface area contributed by atoms with Gasteiger partial charge in [-0.05, 0) is 88.7 Å². The second-order valence-electron chi connectivity index (χ2n) is 9.98. The smallest absolute Gasteiger partial charge is 0.490 e. The van der Waals surface area contributed by atoms with Crippen LogP contribution in [0.1, 0.15) is 33.6 Å². The van der Waals surface area contributed by atoms with Gasteiger partial charge in [-0.2, -0.15) is 13.2 Å². The molecule has 0 aliphatic carbocycles. The van der Waals surface area contributed by atoms with Crippen molar-refractivity contribution in [2.75, 3.05) is 26.2 Å². The number of thioether (sulfide) groups is 2. The number of nitrogens with zero attached hydrogens (tertiary/aromatic N) is 1.